The standard InChI is InChI=1S/C47H32BNO2S/c1-25-17-19-35-32(21-25)48-33-22-26(2)18-20-36(33)51-38-24-27(23-37(50-35)44(38)48)49-34-15-9-6-12-29(34)40-43-41(28-11-5-8-14-31(28)47(43,3)4)46-42(45(40)49)30-13-7-10-16-39(30)52-46/h5-24H,1-4H3. The van der Waals surface area contributed by atoms with Gasteiger partial charge in [-0.05, 0) is 65.7 Å². The van der Waals surface area contributed by atoms with E-state index >= 15 is 0 Å². The van der Waals surface area contributed by atoms with E-state index in [1.807, 2.05) is 11.3 Å². The third-order valence-electron chi connectivity index (χ3n) is 12.0. The molecule has 3 nitrogen and oxygen atoms in total. The van der Waals surface area contributed by atoms with E-state index in [9.17, 15) is 0 Å². The van der Waals surface area contributed by atoms with Gasteiger partial charge in [-0.3, -0.25) is 0 Å². The van der Waals surface area contributed by atoms with Gasteiger partial charge in [0.1, 0.15) is 23.0 Å². The first-order valence-electron chi connectivity index (χ1n) is 18.1. The van der Waals surface area contributed by atoms with E-state index in [0.717, 1.165) is 34.1 Å². The maximum absolute atomic E-state index is 6.89. The third kappa shape index (κ3) is 3.52. The normalized spacial score (nSPS) is 14.6. The number of hydrogen-bond donors (Lipinski definition) is 0. The zero-order chi connectivity index (χ0) is 34.6. The minimum absolute atomic E-state index is 0.0274. The quantitative estimate of drug-likeness (QED) is 0.161. The summed E-state index contributed by atoms with van der Waals surface area (Å²) in [7, 11) is 0. The van der Waals surface area contributed by atoms with E-state index in [1.165, 1.54) is 86.3 Å². The Morgan fingerprint density at radius 2 is 1.27 bits per heavy atom. The third-order valence-corrected chi connectivity index (χ3v) is 13.1. The van der Waals surface area contributed by atoms with Crippen molar-refractivity contribution in [3.8, 4) is 39.8 Å². The van der Waals surface area contributed by atoms with Crippen LogP contribution in [0.15, 0.2) is 121 Å². The van der Waals surface area contributed by atoms with Crippen molar-refractivity contribution in [2.24, 2.45) is 0 Å². The molecule has 5 heteroatoms. The predicted octanol–water partition coefficient (Wildman–Crippen LogP) is 10.8. The van der Waals surface area contributed by atoms with Crippen molar-refractivity contribution < 1.29 is 9.47 Å². The molecular weight excluding hydrogens is 653 g/mol. The van der Waals surface area contributed by atoms with Crippen LogP contribution in [0.25, 0.3) is 58.8 Å². The Hall–Kier alpha value is -5.78. The SMILES string of the molecule is Cc1ccc2c(c1)B1c3cc(C)ccc3Oc3cc(-n4c5ccccc5c5c6c(c7sc8ccccc8c7c54)-c4ccccc4C6(C)C)cc(c31)O2. The van der Waals surface area contributed by atoms with Gasteiger partial charge in [-0.2, -0.15) is 0 Å². The average Bonchev–Trinajstić information content (AvgIpc) is 3.77. The molecule has 0 amide bonds. The largest absolute Gasteiger partial charge is 0.458 e. The minimum atomic E-state index is -0.186. The van der Waals surface area contributed by atoms with Crippen LogP contribution in [0, 0.1) is 13.8 Å². The summed E-state index contributed by atoms with van der Waals surface area (Å²) in [6.07, 6.45) is 0. The Balaban J connectivity index is 1.24. The van der Waals surface area contributed by atoms with E-state index in [0.29, 0.717) is 0 Å². The van der Waals surface area contributed by atoms with Crippen LogP contribution in [0.1, 0.15) is 36.1 Å². The fraction of sp³-hybridized carbons (Fsp3) is 0.106. The van der Waals surface area contributed by atoms with Gasteiger partial charge in [-0.15, -0.1) is 11.3 Å². The van der Waals surface area contributed by atoms with Gasteiger partial charge in [-0.25, -0.2) is 0 Å². The van der Waals surface area contributed by atoms with Crippen LogP contribution in [-0.4, -0.2) is 11.3 Å². The minimum Gasteiger partial charge on any atom is -0.458 e. The van der Waals surface area contributed by atoms with Crippen molar-refractivity contribution in [1.82, 2.24) is 4.57 Å². The summed E-state index contributed by atoms with van der Waals surface area (Å²) in [6, 6.07) is 44.6. The van der Waals surface area contributed by atoms with Crippen LogP contribution in [0.3, 0.4) is 0 Å². The molecule has 7 aromatic carbocycles. The monoisotopic (exact) mass is 685 g/mol. The predicted molar refractivity (Wildman–Crippen MR) is 218 cm³/mol. The molecule has 4 heterocycles. The van der Waals surface area contributed by atoms with Gasteiger partial charge < -0.3 is 14.0 Å². The molecule has 0 atom stereocenters. The molecule has 0 saturated carbocycles. The number of para-hydroxylation sites is 1. The number of rotatable bonds is 1. The zero-order valence-electron chi connectivity index (χ0n) is 29.3. The second-order valence-electron chi connectivity index (χ2n) is 15.4. The van der Waals surface area contributed by atoms with Gasteiger partial charge >= 0.3 is 0 Å². The lowest BCUT2D eigenvalue weighted by Crippen LogP contribution is -2.57. The number of aromatic nitrogens is 1. The summed E-state index contributed by atoms with van der Waals surface area (Å²) in [5.74, 6) is 3.53. The first kappa shape index (κ1) is 28.9. The topological polar surface area (TPSA) is 23.4 Å². The van der Waals surface area contributed by atoms with Crippen LogP contribution in [0.5, 0.6) is 23.0 Å². The van der Waals surface area contributed by atoms with Gasteiger partial charge in [0.15, 0.2) is 0 Å². The maximum Gasteiger partial charge on any atom is 0.260 e. The van der Waals surface area contributed by atoms with E-state index in [2.05, 4.69) is 154 Å². The van der Waals surface area contributed by atoms with E-state index < -0.39 is 0 Å². The summed E-state index contributed by atoms with van der Waals surface area (Å²) in [4.78, 5) is 0. The van der Waals surface area contributed by atoms with E-state index in [-0.39, 0.29) is 12.1 Å². The van der Waals surface area contributed by atoms with Crippen LogP contribution >= 0.6 is 11.3 Å². The van der Waals surface area contributed by atoms with Crippen molar-refractivity contribution >= 4 is 76.4 Å². The van der Waals surface area contributed by atoms with Crippen LogP contribution in [0.4, 0.5) is 0 Å². The molecule has 0 fully saturated rings. The van der Waals surface area contributed by atoms with Gasteiger partial charge in [0, 0.05) is 59.5 Å². The zero-order valence-corrected chi connectivity index (χ0v) is 30.1. The van der Waals surface area contributed by atoms with Gasteiger partial charge in [0.2, 0.25) is 0 Å². The number of fused-ring (bicyclic) bond motifs is 16. The van der Waals surface area contributed by atoms with Crippen molar-refractivity contribution in [3.63, 3.8) is 0 Å². The first-order valence-corrected chi connectivity index (χ1v) is 18.9. The summed E-state index contributed by atoms with van der Waals surface area (Å²) >= 11 is 1.92. The van der Waals surface area contributed by atoms with Crippen molar-refractivity contribution in [3.05, 3.63) is 144 Å². The highest BCUT2D eigenvalue weighted by Gasteiger charge is 2.43. The molecule has 246 valence electrons. The Kier molecular flexibility index (Phi) is 5.42. The summed E-state index contributed by atoms with van der Waals surface area (Å²) in [6.45, 7) is 9.16. The first-order chi connectivity index (χ1) is 25.4. The molecule has 0 N–H and O–H groups in total. The lowest BCUT2D eigenvalue weighted by Gasteiger charge is -2.33. The summed E-state index contributed by atoms with van der Waals surface area (Å²) in [5, 5.41) is 5.20. The van der Waals surface area contributed by atoms with Crippen LogP contribution in [0.2, 0.25) is 0 Å². The molecule has 12 rings (SSSR count). The average molecular weight is 686 g/mol. The smallest absolute Gasteiger partial charge is 0.260 e. The molecular formula is C47H32BNO2S. The molecule has 0 spiro atoms. The highest BCUT2D eigenvalue weighted by atomic mass is 32.1. The molecule has 0 radical (unpaired) electrons. The molecule has 9 aromatic rings. The second-order valence-corrected chi connectivity index (χ2v) is 16.4. The molecule has 2 aliphatic heterocycles. The molecule has 3 aliphatic rings. The van der Waals surface area contributed by atoms with E-state index in [4.69, 9.17) is 9.47 Å². The van der Waals surface area contributed by atoms with Crippen LogP contribution in [-0.2, 0) is 5.41 Å². The fourth-order valence-electron chi connectivity index (χ4n) is 9.81. The Labute approximate surface area is 305 Å². The fourth-order valence-corrected chi connectivity index (χ4v) is 11.1. The van der Waals surface area contributed by atoms with E-state index in [1.54, 1.807) is 0 Å². The highest BCUT2D eigenvalue weighted by Crippen LogP contribution is 2.59. The molecule has 0 unspecified atom stereocenters. The molecule has 0 bridgehead atoms. The molecule has 0 saturated heterocycles. The van der Waals surface area contributed by atoms with Gasteiger partial charge in [-0.1, -0.05) is 110 Å². The van der Waals surface area contributed by atoms with Gasteiger partial charge in [0.25, 0.3) is 6.71 Å². The Morgan fingerprint density at radius 3 is 2.00 bits per heavy atom. The van der Waals surface area contributed by atoms with Crippen LogP contribution < -0.4 is 25.9 Å². The Morgan fingerprint density at radius 1 is 0.635 bits per heavy atom. The molecule has 1 aliphatic carbocycles. The summed E-state index contributed by atoms with van der Waals surface area (Å²) < 4.78 is 18.9. The number of thiophene rings is 1. The number of benzene rings is 7. The second kappa shape index (κ2) is 9.75. The van der Waals surface area contributed by atoms with Crippen molar-refractivity contribution in [2.45, 2.75) is 33.1 Å². The number of aryl methyl sites for hydroxylation is 2. The maximum atomic E-state index is 6.89. The van der Waals surface area contributed by atoms with Gasteiger partial charge in [0.05, 0.1) is 16.7 Å². The number of hydrogen-bond acceptors (Lipinski definition) is 3. The number of ether oxygens (including phenoxy) is 2. The summed E-state index contributed by atoms with van der Waals surface area (Å²) in [5.41, 5.74) is 14.8. The Bertz CT molecular complexity index is 3020. The number of nitrogens with zero attached hydrogens (tertiary/aromatic N) is 1. The lowest BCUT2D eigenvalue weighted by atomic mass is 9.34. The highest BCUT2D eigenvalue weighted by molar-refractivity contribution is 7.26. The van der Waals surface area contributed by atoms with Crippen molar-refractivity contribution in [1.29, 1.82) is 0 Å². The lowest BCUT2D eigenvalue weighted by molar-refractivity contribution is 0.464. The molecule has 2 aromatic heterocycles. The van der Waals surface area contributed by atoms with Crippen molar-refractivity contribution in [2.75, 3.05) is 0 Å². The molecule has 52 heavy (non-hydrogen) atoms.